The fourth-order valence-corrected chi connectivity index (χ4v) is 6.85. The van der Waals surface area contributed by atoms with Crippen molar-refractivity contribution >= 4 is 39.0 Å². The molecule has 1 aliphatic carbocycles. The van der Waals surface area contributed by atoms with Gasteiger partial charge in [-0.05, 0) is 43.2 Å². The summed E-state index contributed by atoms with van der Waals surface area (Å²) < 4.78 is 30.4. The van der Waals surface area contributed by atoms with E-state index in [9.17, 15) is 18.0 Å². The highest BCUT2D eigenvalue weighted by atomic mass is 35.5. The number of amides is 1. The molecule has 2 aromatic carbocycles. The second-order valence-corrected chi connectivity index (χ2v) is 11.1. The zero-order valence-corrected chi connectivity index (χ0v) is 19.9. The SMILES string of the molecule is O=C(COC(=O)C1(S(=O)(=O)c2ccccc2)CCCC1)N1CCN(c2cccc(Cl)c2)CC1. The van der Waals surface area contributed by atoms with Crippen LogP contribution >= 0.6 is 11.6 Å². The van der Waals surface area contributed by atoms with Crippen molar-refractivity contribution in [2.24, 2.45) is 0 Å². The van der Waals surface area contributed by atoms with Gasteiger partial charge in [0, 0.05) is 36.9 Å². The molecule has 0 aromatic heterocycles. The Morgan fingerprint density at radius 1 is 0.939 bits per heavy atom. The van der Waals surface area contributed by atoms with Crippen molar-refractivity contribution < 1.29 is 22.7 Å². The van der Waals surface area contributed by atoms with Gasteiger partial charge >= 0.3 is 5.97 Å². The fraction of sp³-hybridized carbons (Fsp3) is 0.417. The van der Waals surface area contributed by atoms with Crippen LogP contribution in [0.4, 0.5) is 5.69 Å². The first kappa shape index (κ1) is 23.6. The monoisotopic (exact) mass is 490 g/mol. The lowest BCUT2D eigenvalue weighted by atomic mass is 10.1. The predicted molar refractivity (Wildman–Crippen MR) is 126 cm³/mol. The molecule has 1 amide bonds. The molecule has 0 atom stereocenters. The van der Waals surface area contributed by atoms with E-state index >= 15 is 0 Å². The van der Waals surface area contributed by atoms with Crippen molar-refractivity contribution in [1.29, 1.82) is 0 Å². The topological polar surface area (TPSA) is 84.0 Å². The Hall–Kier alpha value is -2.58. The Morgan fingerprint density at radius 3 is 2.24 bits per heavy atom. The highest BCUT2D eigenvalue weighted by Gasteiger charge is 2.54. The lowest BCUT2D eigenvalue weighted by Gasteiger charge is -2.36. The maximum absolute atomic E-state index is 13.3. The van der Waals surface area contributed by atoms with Crippen molar-refractivity contribution in [2.75, 3.05) is 37.7 Å². The van der Waals surface area contributed by atoms with Crippen LogP contribution in [0, 0.1) is 0 Å². The van der Waals surface area contributed by atoms with E-state index in [2.05, 4.69) is 4.90 Å². The Bertz CT molecular complexity index is 1110. The summed E-state index contributed by atoms with van der Waals surface area (Å²) in [5, 5.41) is 0.657. The molecular weight excluding hydrogens is 464 g/mol. The number of piperazine rings is 1. The third kappa shape index (κ3) is 4.73. The summed E-state index contributed by atoms with van der Waals surface area (Å²) in [6.07, 6.45) is 1.66. The summed E-state index contributed by atoms with van der Waals surface area (Å²) >= 11 is 6.07. The minimum Gasteiger partial charge on any atom is -0.454 e. The first-order valence-corrected chi connectivity index (χ1v) is 12.9. The van der Waals surface area contributed by atoms with Crippen molar-refractivity contribution in [3.05, 3.63) is 59.6 Å². The predicted octanol–water partition coefficient (Wildman–Crippen LogP) is 3.32. The van der Waals surface area contributed by atoms with E-state index < -0.39 is 27.2 Å². The molecule has 4 rings (SSSR count). The number of hydrogen-bond donors (Lipinski definition) is 0. The maximum atomic E-state index is 13.3. The molecule has 33 heavy (non-hydrogen) atoms. The van der Waals surface area contributed by atoms with Crippen LogP contribution in [-0.4, -0.2) is 62.7 Å². The Balaban J connectivity index is 1.37. The number of carbonyl (C=O) groups excluding carboxylic acids is 2. The van der Waals surface area contributed by atoms with Crippen LogP contribution in [0.1, 0.15) is 25.7 Å². The number of benzene rings is 2. The third-order valence-corrected chi connectivity index (χ3v) is 9.22. The fourth-order valence-electron chi connectivity index (χ4n) is 4.59. The summed E-state index contributed by atoms with van der Waals surface area (Å²) in [4.78, 5) is 29.6. The van der Waals surface area contributed by atoms with Crippen molar-refractivity contribution in [3.8, 4) is 0 Å². The van der Waals surface area contributed by atoms with Gasteiger partial charge in [-0.15, -0.1) is 0 Å². The summed E-state index contributed by atoms with van der Waals surface area (Å²) in [5.41, 5.74) is 0.996. The molecule has 0 unspecified atom stereocenters. The molecule has 176 valence electrons. The van der Waals surface area contributed by atoms with Crippen LogP contribution in [-0.2, 0) is 24.2 Å². The largest absolute Gasteiger partial charge is 0.454 e. The number of hydrogen-bond acceptors (Lipinski definition) is 6. The molecule has 0 N–H and O–H groups in total. The maximum Gasteiger partial charge on any atom is 0.328 e. The number of sulfone groups is 1. The Morgan fingerprint density at radius 2 is 1.61 bits per heavy atom. The van der Waals surface area contributed by atoms with E-state index in [0.29, 0.717) is 44.0 Å². The van der Waals surface area contributed by atoms with Crippen LogP contribution in [0.3, 0.4) is 0 Å². The quantitative estimate of drug-likeness (QED) is 0.577. The smallest absolute Gasteiger partial charge is 0.328 e. The van der Waals surface area contributed by atoms with Crippen LogP contribution in [0.5, 0.6) is 0 Å². The van der Waals surface area contributed by atoms with E-state index in [1.54, 1.807) is 23.1 Å². The van der Waals surface area contributed by atoms with Gasteiger partial charge < -0.3 is 14.5 Å². The molecule has 2 aliphatic rings. The lowest BCUT2D eigenvalue weighted by Crippen LogP contribution is -2.51. The lowest BCUT2D eigenvalue weighted by molar-refractivity contribution is -0.154. The van der Waals surface area contributed by atoms with Gasteiger partial charge in [-0.25, -0.2) is 8.42 Å². The van der Waals surface area contributed by atoms with Gasteiger partial charge in [-0.3, -0.25) is 9.59 Å². The van der Waals surface area contributed by atoms with Crippen molar-refractivity contribution in [2.45, 2.75) is 35.3 Å². The summed E-state index contributed by atoms with van der Waals surface area (Å²) in [5.74, 6) is -1.14. The third-order valence-electron chi connectivity index (χ3n) is 6.48. The number of nitrogens with zero attached hydrogens (tertiary/aromatic N) is 2. The van der Waals surface area contributed by atoms with Gasteiger partial charge in [0.05, 0.1) is 4.90 Å². The molecule has 0 bridgehead atoms. The number of ether oxygens (including phenoxy) is 1. The number of carbonyl (C=O) groups is 2. The average Bonchev–Trinajstić information content (AvgIpc) is 3.35. The van der Waals surface area contributed by atoms with Crippen molar-refractivity contribution in [1.82, 2.24) is 4.90 Å². The minimum atomic E-state index is -3.93. The van der Waals surface area contributed by atoms with E-state index in [1.807, 2.05) is 24.3 Å². The first-order valence-electron chi connectivity index (χ1n) is 11.1. The number of esters is 1. The highest BCUT2D eigenvalue weighted by molar-refractivity contribution is 7.93. The molecule has 1 aliphatic heterocycles. The summed E-state index contributed by atoms with van der Waals surface area (Å²) in [6, 6.07) is 15.5. The van der Waals surface area contributed by atoms with E-state index in [-0.39, 0.29) is 23.6 Å². The number of halogens is 1. The van der Waals surface area contributed by atoms with Gasteiger partial charge in [0.2, 0.25) is 0 Å². The molecule has 1 saturated heterocycles. The van der Waals surface area contributed by atoms with Crippen LogP contribution in [0.25, 0.3) is 0 Å². The molecule has 9 heteroatoms. The molecular formula is C24H27ClN2O5S. The summed E-state index contributed by atoms with van der Waals surface area (Å²) in [7, 11) is -3.93. The Labute approximate surface area is 199 Å². The molecule has 1 saturated carbocycles. The van der Waals surface area contributed by atoms with Gasteiger partial charge in [0.25, 0.3) is 5.91 Å². The number of anilines is 1. The molecule has 7 nitrogen and oxygen atoms in total. The van der Waals surface area contributed by atoms with Gasteiger partial charge in [0.1, 0.15) is 0 Å². The zero-order valence-electron chi connectivity index (χ0n) is 18.3. The Kier molecular flexibility index (Phi) is 6.95. The normalized spacial score (nSPS) is 18.2. The van der Waals surface area contributed by atoms with E-state index in [0.717, 1.165) is 5.69 Å². The van der Waals surface area contributed by atoms with Gasteiger partial charge in [-0.2, -0.15) is 0 Å². The molecule has 0 spiro atoms. The first-order chi connectivity index (χ1) is 15.8. The average molecular weight is 491 g/mol. The van der Waals surface area contributed by atoms with E-state index in [1.165, 1.54) is 12.1 Å². The van der Waals surface area contributed by atoms with Crippen LogP contribution in [0.15, 0.2) is 59.5 Å². The standard InChI is InChI=1S/C24H27ClN2O5S/c25-19-7-6-8-20(17-19)26-13-15-27(16-14-26)22(28)18-32-23(29)24(11-4-5-12-24)33(30,31)21-9-2-1-3-10-21/h1-3,6-10,17H,4-5,11-16,18H2. The summed E-state index contributed by atoms with van der Waals surface area (Å²) in [6.45, 7) is 1.77. The van der Waals surface area contributed by atoms with Gasteiger partial charge in [0.15, 0.2) is 21.2 Å². The minimum absolute atomic E-state index is 0.104. The molecule has 0 radical (unpaired) electrons. The molecule has 1 heterocycles. The highest BCUT2D eigenvalue weighted by Crippen LogP contribution is 2.41. The van der Waals surface area contributed by atoms with Crippen LogP contribution < -0.4 is 4.90 Å². The van der Waals surface area contributed by atoms with Gasteiger partial charge in [-0.1, -0.05) is 48.7 Å². The zero-order chi connectivity index (χ0) is 23.5. The van der Waals surface area contributed by atoms with E-state index in [4.69, 9.17) is 16.3 Å². The second-order valence-electron chi connectivity index (χ2n) is 8.44. The molecule has 2 aromatic rings. The van der Waals surface area contributed by atoms with Crippen molar-refractivity contribution in [3.63, 3.8) is 0 Å². The molecule has 2 fully saturated rings. The number of rotatable bonds is 6. The van der Waals surface area contributed by atoms with Crippen LogP contribution in [0.2, 0.25) is 5.02 Å². The second kappa shape index (κ2) is 9.73.